The van der Waals surface area contributed by atoms with Crippen LogP contribution in [0.5, 0.6) is 0 Å². The second-order valence-corrected chi connectivity index (χ2v) is 5.95. The lowest BCUT2D eigenvalue weighted by molar-refractivity contribution is 0.0984. The van der Waals surface area contributed by atoms with Gasteiger partial charge < -0.3 is 10.4 Å². The number of rotatable bonds is 1. The van der Waals surface area contributed by atoms with E-state index in [1.807, 2.05) is 0 Å². The number of carbonyl (C=O) groups is 1. The third-order valence-electron chi connectivity index (χ3n) is 2.39. The fraction of sp³-hybridized carbons (Fsp3) is 0.250. The highest BCUT2D eigenvalue weighted by molar-refractivity contribution is 7.90. The molecule has 17 heavy (non-hydrogen) atoms. The molecule has 1 aliphatic rings. The molecule has 0 saturated heterocycles. The number of allylic oxidation sites excluding steroid dienone is 1. The lowest BCUT2D eigenvalue weighted by atomic mass is 10.1. The minimum Gasteiger partial charge on any atom is -0.320 e. The first-order valence-electron chi connectivity index (χ1n) is 4.49. The second-order valence-electron chi connectivity index (χ2n) is 3.47. The Bertz CT molecular complexity index is 693. The van der Waals surface area contributed by atoms with Crippen LogP contribution in [0.15, 0.2) is 10.0 Å². The van der Waals surface area contributed by atoms with E-state index in [9.17, 15) is 13.2 Å². The molecule has 0 saturated carbocycles. The third kappa shape index (κ3) is 1.92. The summed E-state index contributed by atoms with van der Waals surface area (Å²) in [5.74, 6) is 4.76. The van der Waals surface area contributed by atoms with Crippen LogP contribution in [0, 0.1) is 0 Å². The Morgan fingerprint density at radius 2 is 2.24 bits per heavy atom. The van der Waals surface area contributed by atoms with Gasteiger partial charge in [0.05, 0.1) is 16.2 Å². The van der Waals surface area contributed by atoms with Gasteiger partial charge in [-0.05, 0) is 6.08 Å². The minimum absolute atomic E-state index is 0.305. The molecule has 1 aliphatic carbocycles. The zero-order valence-electron chi connectivity index (χ0n) is 8.74. The molecule has 0 atom stereocenters. The first-order valence-corrected chi connectivity index (χ1v) is 6.75. The van der Waals surface area contributed by atoms with Crippen LogP contribution in [0.2, 0.25) is 0 Å². The van der Waals surface area contributed by atoms with Gasteiger partial charge in [0.25, 0.3) is 10.1 Å². The van der Waals surface area contributed by atoms with E-state index in [-0.39, 0.29) is 17.1 Å². The van der Waals surface area contributed by atoms with Crippen LogP contribution in [0.25, 0.3) is 6.08 Å². The number of Topliss-reactive ketones (excluding diaryl/α,β-unsaturated/α-hetero) is 1. The number of aromatic nitrogens is 1. The number of hydrogen-bond acceptors (Lipinski definition) is 6. The van der Waals surface area contributed by atoms with Crippen LogP contribution < -0.4 is 10.6 Å². The van der Waals surface area contributed by atoms with Gasteiger partial charge in [0, 0.05) is 7.05 Å². The lowest BCUT2D eigenvalue weighted by Gasteiger charge is -2.10. The van der Waals surface area contributed by atoms with Gasteiger partial charge in [0.15, 0.2) is 5.78 Å². The molecule has 9 heteroatoms. The number of nitrogens with zero attached hydrogens (tertiary/aromatic N) is 2. The summed E-state index contributed by atoms with van der Waals surface area (Å²) in [5.41, 5.74) is 0.353. The molecule has 0 radical (unpaired) electrons. The molecule has 0 spiro atoms. The standard InChI is InChI=1S/C8H9N3O4S2/c1-11-7-5(12)2-4(17(13,14)15)3-6(7)16-8(11)10-9/h3H,2,9H2,1H3,(H,13,14,15). The Hall–Kier alpha value is -1.45. The maximum Gasteiger partial charge on any atom is 0.291 e. The summed E-state index contributed by atoms with van der Waals surface area (Å²) in [5, 5.41) is 3.48. The Morgan fingerprint density at radius 3 is 2.76 bits per heavy atom. The van der Waals surface area contributed by atoms with E-state index >= 15 is 0 Å². The molecule has 0 unspecified atom stereocenters. The molecule has 0 bridgehead atoms. The van der Waals surface area contributed by atoms with Crippen molar-refractivity contribution in [1.29, 1.82) is 0 Å². The summed E-state index contributed by atoms with van der Waals surface area (Å²) in [6, 6.07) is 0. The molecule has 92 valence electrons. The second kappa shape index (κ2) is 3.79. The zero-order chi connectivity index (χ0) is 12.8. The number of fused-ring (bicyclic) bond motifs is 1. The van der Waals surface area contributed by atoms with Crippen molar-refractivity contribution >= 4 is 33.3 Å². The summed E-state index contributed by atoms with van der Waals surface area (Å²) in [4.78, 5) is 12.3. The molecule has 2 rings (SSSR count). The van der Waals surface area contributed by atoms with E-state index in [0.29, 0.717) is 15.4 Å². The Kier molecular flexibility index (Phi) is 2.68. The predicted octanol–water partition coefficient (Wildman–Crippen LogP) is -0.324. The van der Waals surface area contributed by atoms with Crippen molar-refractivity contribution in [2.45, 2.75) is 6.42 Å². The normalized spacial score (nSPS) is 16.9. The van der Waals surface area contributed by atoms with E-state index in [4.69, 9.17) is 10.4 Å². The first-order chi connectivity index (χ1) is 7.84. The molecule has 3 N–H and O–H groups in total. The predicted molar refractivity (Wildman–Crippen MR) is 61.5 cm³/mol. The summed E-state index contributed by atoms with van der Waals surface area (Å²) >= 11 is 1.08. The van der Waals surface area contributed by atoms with Gasteiger partial charge in [-0.3, -0.25) is 9.35 Å². The van der Waals surface area contributed by atoms with Crippen molar-refractivity contribution in [3.8, 4) is 0 Å². The average molecular weight is 275 g/mol. The van der Waals surface area contributed by atoms with E-state index < -0.39 is 10.1 Å². The van der Waals surface area contributed by atoms with Crippen LogP contribution in [0.4, 0.5) is 0 Å². The topological polar surface area (TPSA) is 115 Å². The molecule has 1 aromatic heterocycles. The lowest BCUT2D eigenvalue weighted by Crippen LogP contribution is -2.20. The quantitative estimate of drug-likeness (QED) is 0.414. The summed E-state index contributed by atoms with van der Waals surface area (Å²) < 4.78 is 32.4. The number of carbonyl (C=O) groups excluding carboxylic acids is 1. The molecule has 0 fully saturated rings. The molecule has 7 nitrogen and oxygen atoms in total. The molecular weight excluding hydrogens is 266 g/mol. The first kappa shape index (κ1) is 12.0. The van der Waals surface area contributed by atoms with Crippen molar-refractivity contribution in [2.24, 2.45) is 18.0 Å². The van der Waals surface area contributed by atoms with Crippen molar-refractivity contribution in [3.63, 3.8) is 0 Å². The monoisotopic (exact) mass is 275 g/mol. The minimum atomic E-state index is -4.34. The number of nitrogens with two attached hydrogens (primary N) is 1. The van der Waals surface area contributed by atoms with Crippen molar-refractivity contribution < 1.29 is 17.8 Å². The highest BCUT2D eigenvalue weighted by Gasteiger charge is 2.28. The Balaban J connectivity index is 2.74. The largest absolute Gasteiger partial charge is 0.320 e. The van der Waals surface area contributed by atoms with Crippen molar-refractivity contribution in [3.05, 3.63) is 20.3 Å². The van der Waals surface area contributed by atoms with Crippen LogP contribution in [0.1, 0.15) is 21.8 Å². The number of hydrogen-bond donors (Lipinski definition) is 2. The fourth-order valence-electron chi connectivity index (χ4n) is 1.62. The highest BCUT2D eigenvalue weighted by Crippen LogP contribution is 2.27. The number of thiazole rings is 1. The van der Waals surface area contributed by atoms with Crippen molar-refractivity contribution in [2.75, 3.05) is 0 Å². The average Bonchev–Trinajstić information content (AvgIpc) is 2.54. The Labute approximate surface area is 101 Å². The van der Waals surface area contributed by atoms with Crippen molar-refractivity contribution in [1.82, 2.24) is 4.57 Å². The van der Waals surface area contributed by atoms with Gasteiger partial charge in [-0.15, -0.1) is 0 Å². The summed E-state index contributed by atoms with van der Waals surface area (Å²) in [6.07, 6.45) is 0.922. The molecular formula is C8H9N3O4S2. The summed E-state index contributed by atoms with van der Waals surface area (Å²) in [6.45, 7) is 0. The van der Waals surface area contributed by atoms with Gasteiger partial charge in [-0.25, -0.2) is 0 Å². The van der Waals surface area contributed by atoms with Gasteiger partial charge in [-0.2, -0.15) is 13.5 Å². The highest BCUT2D eigenvalue weighted by atomic mass is 32.2. The molecule has 1 aromatic rings. The van der Waals surface area contributed by atoms with E-state index in [1.165, 1.54) is 10.6 Å². The SMILES string of the molecule is Cn1c2c(sc1=NN)C=C(S(=O)(=O)O)CC2=O. The van der Waals surface area contributed by atoms with Gasteiger partial charge in [-0.1, -0.05) is 11.3 Å². The maximum absolute atomic E-state index is 11.8. The third-order valence-corrected chi connectivity index (χ3v) is 4.41. The van der Waals surface area contributed by atoms with Crippen LogP contribution >= 0.6 is 11.3 Å². The van der Waals surface area contributed by atoms with E-state index in [2.05, 4.69) is 5.10 Å². The molecule has 0 aliphatic heterocycles. The maximum atomic E-state index is 11.8. The molecule has 1 heterocycles. The zero-order valence-corrected chi connectivity index (χ0v) is 10.4. The van der Waals surface area contributed by atoms with Gasteiger partial charge >= 0.3 is 0 Å². The van der Waals surface area contributed by atoms with Crippen LogP contribution in [-0.4, -0.2) is 23.3 Å². The van der Waals surface area contributed by atoms with E-state index in [1.54, 1.807) is 7.05 Å². The van der Waals surface area contributed by atoms with Crippen LogP contribution in [0.3, 0.4) is 0 Å². The van der Waals surface area contributed by atoms with E-state index in [0.717, 1.165) is 11.3 Å². The van der Waals surface area contributed by atoms with Gasteiger partial charge in [0.1, 0.15) is 5.69 Å². The van der Waals surface area contributed by atoms with Crippen LogP contribution in [-0.2, 0) is 17.2 Å². The number of ketones is 1. The summed E-state index contributed by atoms with van der Waals surface area (Å²) in [7, 11) is -2.72. The Morgan fingerprint density at radius 1 is 1.59 bits per heavy atom. The van der Waals surface area contributed by atoms with Gasteiger partial charge in [0.2, 0.25) is 4.80 Å². The fourth-order valence-corrected chi connectivity index (χ4v) is 3.30. The smallest absolute Gasteiger partial charge is 0.291 e. The molecule has 0 aromatic carbocycles. The molecule has 0 amide bonds.